The Hall–Kier alpha value is -2.42. The third kappa shape index (κ3) is 5.19. The molecular formula is C22H29N3O4S. The highest BCUT2D eigenvalue weighted by Crippen LogP contribution is 2.26. The van der Waals surface area contributed by atoms with Gasteiger partial charge in [-0.05, 0) is 36.0 Å². The lowest BCUT2D eigenvalue weighted by Gasteiger charge is -2.41. The molecule has 2 atom stereocenters. The second-order valence-electron chi connectivity index (χ2n) is 7.66. The van der Waals surface area contributed by atoms with E-state index in [0.29, 0.717) is 25.8 Å². The van der Waals surface area contributed by atoms with Gasteiger partial charge >= 0.3 is 6.09 Å². The van der Waals surface area contributed by atoms with Crippen molar-refractivity contribution >= 4 is 16.3 Å². The number of nitrogens with one attached hydrogen (secondary N) is 1. The number of methoxy groups -OCH3 is 1. The van der Waals surface area contributed by atoms with Crippen molar-refractivity contribution in [3.05, 3.63) is 60.2 Å². The summed E-state index contributed by atoms with van der Waals surface area (Å²) in [6.45, 7) is 0.538. The van der Waals surface area contributed by atoms with Gasteiger partial charge in [-0.2, -0.15) is 17.4 Å². The summed E-state index contributed by atoms with van der Waals surface area (Å²) in [5, 5.41) is 0. The zero-order chi connectivity index (χ0) is 21.7. The molecule has 30 heavy (non-hydrogen) atoms. The molecule has 0 spiro atoms. The number of benzene rings is 2. The first-order chi connectivity index (χ1) is 14.3. The number of carbonyl (C=O) groups excluding carboxylic acids is 1. The van der Waals surface area contributed by atoms with Crippen LogP contribution in [0.25, 0.3) is 11.1 Å². The molecule has 1 aliphatic heterocycles. The fourth-order valence-electron chi connectivity index (χ4n) is 3.84. The van der Waals surface area contributed by atoms with Crippen LogP contribution in [-0.2, 0) is 21.4 Å². The molecule has 1 amide bonds. The number of ether oxygens (including phenoxy) is 1. The molecule has 2 aromatic carbocycles. The summed E-state index contributed by atoms with van der Waals surface area (Å²) in [6, 6.07) is 17.5. The number of hydrogen-bond donors (Lipinski definition) is 1. The maximum Gasteiger partial charge on any atom is 0.409 e. The Morgan fingerprint density at radius 1 is 1.13 bits per heavy atom. The van der Waals surface area contributed by atoms with E-state index in [2.05, 4.69) is 22.9 Å². The average Bonchev–Trinajstić information content (AvgIpc) is 2.75. The van der Waals surface area contributed by atoms with Crippen LogP contribution in [0.15, 0.2) is 54.6 Å². The smallest absolute Gasteiger partial charge is 0.409 e. The van der Waals surface area contributed by atoms with Gasteiger partial charge in [-0.15, -0.1) is 0 Å². The molecule has 0 saturated carbocycles. The van der Waals surface area contributed by atoms with Gasteiger partial charge in [0.2, 0.25) is 0 Å². The highest BCUT2D eigenvalue weighted by Gasteiger charge is 2.37. The van der Waals surface area contributed by atoms with Crippen molar-refractivity contribution in [3.63, 3.8) is 0 Å². The molecule has 0 aliphatic carbocycles. The molecule has 7 nitrogen and oxygen atoms in total. The molecule has 0 aromatic heterocycles. The molecule has 1 saturated heterocycles. The molecule has 0 bridgehead atoms. The topological polar surface area (TPSA) is 79.0 Å². The standard InChI is InChI=1S/C22H29N3O4S/c1-24(2)30(27,28)23-20-13-8-14-25(22(26)29-3)21(20)16-17-9-7-12-19(15-17)18-10-5-4-6-11-18/h4-7,9-12,15,20-21,23H,8,13-14,16H2,1-3H3/t20-,21-/m1/s1. The Morgan fingerprint density at radius 3 is 2.50 bits per heavy atom. The molecule has 1 N–H and O–H groups in total. The highest BCUT2D eigenvalue weighted by molar-refractivity contribution is 7.87. The van der Waals surface area contributed by atoms with E-state index in [1.807, 2.05) is 36.4 Å². The van der Waals surface area contributed by atoms with Gasteiger partial charge in [-0.1, -0.05) is 54.6 Å². The van der Waals surface area contributed by atoms with E-state index in [-0.39, 0.29) is 6.04 Å². The van der Waals surface area contributed by atoms with E-state index in [1.54, 1.807) is 4.90 Å². The average molecular weight is 432 g/mol. The predicted octanol–water partition coefficient (Wildman–Crippen LogP) is 2.89. The van der Waals surface area contributed by atoms with Crippen LogP contribution in [0.2, 0.25) is 0 Å². The van der Waals surface area contributed by atoms with Crippen molar-refractivity contribution in [2.24, 2.45) is 0 Å². The van der Waals surface area contributed by atoms with Gasteiger partial charge < -0.3 is 9.64 Å². The molecule has 1 fully saturated rings. The number of nitrogens with zero attached hydrogens (tertiary/aromatic N) is 2. The van der Waals surface area contributed by atoms with Crippen LogP contribution in [-0.4, -0.2) is 63.5 Å². The fourth-order valence-corrected chi connectivity index (χ4v) is 4.71. The Balaban J connectivity index is 1.90. The van der Waals surface area contributed by atoms with Gasteiger partial charge in [0, 0.05) is 26.7 Å². The summed E-state index contributed by atoms with van der Waals surface area (Å²) >= 11 is 0. The number of amides is 1. The van der Waals surface area contributed by atoms with E-state index in [4.69, 9.17) is 4.74 Å². The zero-order valence-corrected chi connectivity index (χ0v) is 18.4. The number of rotatable bonds is 6. The third-order valence-corrected chi connectivity index (χ3v) is 7.01. The van der Waals surface area contributed by atoms with Gasteiger partial charge in [0.15, 0.2) is 0 Å². The van der Waals surface area contributed by atoms with Gasteiger partial charge in [-0.25, -0.2) is 4.79 Å². The molecule has 1 aliphatic rings. The normalized spacial score (nSPS) is 19.7. The van der Waals surface area contributed by atoms with Crippen LogP contribution < -0.4 is 4.72 Å². The first kappa shape index (κ1) is 22.3. The van der Waals surface area contributed by atoms with Crippen molar-refractivity contribution in [3.8, 4) is 11.1 Å². The largest absolute Gasteiger partial charge is 0.453 e. The van der Waals surface area contributed by atoms with Gasteiger partial charge in [0.25, 0.3) is 10.2 Å². The number of piperidine rings is 1. The van der Waals surface area contributed by atoms with Crippen molar-refractivity contribution in [2.45, 2.75) is 31.3 Å². The van der Waals surface area contributed by atoms with Crippen LogP contribution in [0.3, 0.4) is 0 Å². The SMILES string of the molecule is COC(=O)N1CCC[C@@H](NS(=O)(=O)N(C)C)[C@H]1Cc1cccc(-c2ccccc2)c1. The Morgan fingerprint density at radius 2 is 1.83 bits per heavy atom. The Kier molecular flexibility index (Phi) is 7.12. The summed E-state index contributed by atoms with van der Waals surface area (Å²) in [4.78, 5) is 14.1. The van der Waals surface area contributed by atoms with E-state index in [9.17, 15) is 13.2 Å². The van der Waals surface area contributed by atoms with E-state index >= 15 is 0 Å². The lowest BCUT2D eigenvalue weighted by molar-refractivity contribution is 0.0790. The van der Waals surface area contributed by atoms with E-state index in [0.717, 1.165) is 21.0 Å². The second kappa shape index (κ2) is 9.59. The first-order valence-electron chi connectivity index (χ1n) is 10.0. The maximum atomic E-state index is 12.5. The molecule has 8 heteroatoms. The number of likely N-dealkylation sites (tertiary alicyclic amines) is 1. The molecule has 162 valence electrons. The van der Waals surface area contributed by atoms with Crippen LogP contribution in [0.5, 0.6) is 0 Å². The van der Waals surface area contributed by atoms with Crippen molar-refractivity contribution in [1.29, 1.82) is 0 Å². The van der Waals surface area contributed by atoms with E-state index in [1.165, 1.54) is 21.2 Å². The molecule has 0 radical (unpaired) electrons. The zero-order valence-electron chi connectivity index (χ0n) is 17.6. The van der Waals surface area contributed by atoms with E-state index < -0.39 is 22.3 Å². The maximum absolute atomic E-state index is 12.5. The summed E-state index contributed by atoms with van der Waals surface area (Å²) in [7, 11) is 0.700. The van der Waals surface area contributed by atoms with Crippen molar-refractivity contribution in [2.75, 3.05) is 27.7 Å². The molecule has 1 heterocycles. The lowest BCUT2D eigenvalue weighted by Crippen LogP contribution is -2.59. The molecule has 0 unspecified atom stereocenters. The highest BCUT2D eigenvalue weighted by atomic mass is 32.2. The van der Waals surface area contributed by atoms with Crippen LogP contribution >= 0.6 is 0 Å². The summed E-state index contributed by atoms with van der Waals surface area (Å²) in [5.41, 5.74) is 3.22. The Labute approximate surface area is 178 Å². The minimum Gasteiger partial charge on any atom is -0.453 e. The van der Waals surface area contributed by atoms with Gasteiger partial charge in [-0.3, -0.25) is 0 Å². The van der Waals surface area contributed by atoms with Crippen molar-refractivity contribution < 1.29 is 17.9 Å². The number of hydrogen-bond acceptors (Lipinski definition) is 4. The summed E-state index contributed by atoms with van der Waals surface area (Å²) < 4.78 is 33.8. The van der Waals surface area contributed by atoms with Crippen molar-refractivity contribution in [1.82, 2.24) is 13.9 Å². The second-order valence-corrected chi connectivity index (χ2v) is 9.57. The summed E-state index contributed by atoms with van der Waals surface area (Å²) in [5.74, 6) is 0. The minimum absolute atomic E-state index is 0.341. The van der Waals surface area contributed by atoms with Crippen LogP contribution in [0, 0.1) is 0 Å². The lowest BCUT2D eigenvalue weighted by atomic mass is 9.90. The molecule has 3 rings (SSSR count). The van der Waals surface area contributed by atoms with Crippen LogP contribution in [0.1, 0.15) is 18.4 Å². The number of carbonyl (C=O) groups is 1. The minimum atomic E-state index is -3.63. The molecular weight excluding hydrogens is 402 g/mol. The Bertz CT molecular complexity index is 963. The van der Waals surface area contributed by atoms with Gasteiger partial charge in [0.05, 0.1) is 13.2 Å². The first-order valence-corrected chi connectivity index (χ1v) is 11.4. The third-order valence-electron chi connectivity index (χ3n) is 5.45. The fraction of sp³-hybridized carbons (Fsp3) is 0.409. The summed E-state index contributed by atoms with van der Waals surface area (Å²) in [6.07, 6.45) is 1.45. The predicted molar refractivity (Wildman–Crippen MR) is 117 cm³/mol. The van der Waals surface area contributed by atoms with Gasteiger partial charge in [0.1, 0.15) is 0 Å². The molecule has 2 aromatic rings. The van der Waals surface area contributed by atoms with Crippen LogP contribution in [0.4, 0.5) is 4.79 Å². The quantitative estimate of drug-likeness (QED) is 0.763. The monoisotopic (exact) mass is 431 g/mol.